The van der Waals surface area contributed by atoms with Gasteiger partial charge in [0.05, 0.1) is 5.69 Å². The van der Waals surface area contributed by atoms with Gasteiger partial charge in [0.2, 0.25) is 0 Å². The van der Waals surface area contributed by atoms with E-state index in [1.54, 1.807) is 55.5 Å². The van der Waals surface area contributed by atoms with Gasteiger partial charge in [-0.1, -0.05) is 19.1 Å². The Morgan fingerprint density at radius 1 is 1.07 bits per heavy atom. The van der Waals surface area contributed by atoms with Crippen molar-refractivity contribution in [3.05, 3.63) is 76.6 Å². The smallest absolute Gasteiger partial charge is 0.264 e. The van der Waals surface area contributed by atoms with Gasteiger partial charge in [0.1, 0.15) is 5.75 Å². The van der Waals surface area contributed by atoms with Crippen molar-refractivity contribution in [3.63, 3.8) is 0 Å². The molecule has 1 amide bonds. The van der Waals surface area contributed by atoms with Crippen molar-refractivity contribution in [2.45, 2.75) is 13.3 Å². The molecule has 2 N–H and O–H groups in total. The van der Waals surface area contributed by atoms with Crippen molar-refractivity contribution in [1.29, 1.82) is 0 Å². The maximum Gasteiger partial charge on any atom is 0.264 e. The molecule has 142 valence electrons. The van der Waals surface area contributed by atoms with Crippen LogP contribution in [0.2, 0.25) is 0 Å². The minimum Gasteiger partial charge on any atom is -0.484 e. The maximum atomic E-state index is 12.1. The first-order valence-electron chi connectivity index (χ1n) is 8.77. The standard InChI is InChI=1S/C21H19N3O4/c1-2-19(25)14-6-8-17(9-7-14)28-13-21(27)22-16-5-3-4-15(12-16)18-10-11-20(26)24-23-18/h3-12H,2,13H2,1H3,(H,22,27)(H,24,26). The number of ether oxygens (including phenoxy) is 1. The Labute approximate surface area is 161 Å². The molecule has 7 nitrogen and oxygen atoms in total. The lowest BCUT2D eigenvalue weighted by molar-refractivity contribution is -0.118. The number of rotatable bonds is 7. The first-order valence-corrected chi connectivity index (χ1v) is 8.77. The van der Waals surface area contributed by atoms with Gasteiger partial charge < -0.3 is 10.1 Å². The highest BCUT2D eigenvalue weighted by Gasteiger charge is 2.07. The van der Waals surface area contributed by atoms with E-state index in [1.807, 2.05) is 6.07 Å². The summed E-state index contributed by atoms with van der Waals surface area (Å²) in [5.74, 6) is 0.246. The molecule has 0 aliphatic rings. The van der Waals surface area contributed by atoms with E-state index in [1.165, 1.54) is 6.07 Å². The van der Waals surface area contributed by atoms with Crippen LogP contribution >= 0.6 is 0 Å². The molecule has 28 heavy (non-hydrogen) atoms. The number of ketones is 1. The molecule has 0 aliphatic heterocycles. The number of Topliss-reactive ketones (excluding diaryl/α,β-unsaturated/α-hetero) is 1. The van der Waals surface area contributed by atoms with E-state index < -0.39 is 0 Å². The normalized spacial score (nSPS) is 10.3. The van der Waals surface area contributed by atoms with Crippen LogP contribution in [-0.2, 0) is 4.79 Å². The van der Waals surface area contributed by atoms with Crippen molar-refractivity contribution in [2.24, 2.45) is 0 Å². The molecule has 0 saturated heterocycles. The Morgan fingerprint density at radius 2 is 1.86 bits per heavy atom. The third kappa shape index (κ3) is 4.91. The van der Waals surface area contributed by atoms with E-state index in [2.05, 4.69) is 15.5 Å². The fraction of sp³-hybridized carbons (Fsp3) is 0.143. The number of aromatic nitrogens is 2. The van der Waals surface area contributed by atoms with Gasteiger partial charge in [0.15, 0.2) is 12.4 Å². The first kappa shape index (κ1) is 19.0. The molecule has 3 rings (SSSR count). The summed E-state index contributed by atoms with van der Waals surface area (Å²) in [5.41, 5.74) is 2.27. The zero-order valence-electron chi connectivity index (χ0n) is 15.3. The van der Waals surface area contributed by atoms with Crippen LogP contribution in [0.15, 0.2) is 65.5 Å². The lowest BCUT2D eigenvalue weighted by Gasteiger charge is -2.09. The molecule has 1 heterocycles. The molecular weight excluding hydrogens is 358 g/mol. The van der Waals surface area contributed by atoms with Crippen LogP contribution in [0.3, 0.4) is 0 Å². The van der Waals surface area contributed by atoms with Crippen LogP contribution in [0.25, 0.3) is 11.3 Å². The molecule has 0 spiro atoms. The second-order valence-corrected chi connectivity index (χ2v) is 6.03. The summed E-state index contributed by atoms with van der Waals surface area (Å²) < 4.78 is 5.46. The monoisotopic (exact) mass is 377 g/mol. The number of carbonyl (C=O) groups is 2. The second kappa shape index (κ2) is 8.77. The number of H-pyrrole nitrogens is 1. The number of carbonyl (C=O) groups excluding carboxylic acids is 2. The van der Waals surface area contributed by atoms with Crippen LogP contribution in [0.1, 0.15) is 23.7 Å². The molecule has 0 saturated carbocycles. The van der Waals surface area contributed by atoms with Crippen molar-refractivity contribution in [1.82, 2.24) is 10.2 Å². The van der Waals surface area contributed by atoms with E-state index >= 15 is 0 Å². The second-order valence-electron chi connectivity index (χ2n) is 6.03. The molecule has 0 radical (unpaired) electrons. The van der Waals surface area contributed by atoms with Crippen LogP contribution in [0.4, 0.5) is 5.69 Å². The van der Waals surface area contributed by atoms with E-state index in [4.69, 9.17) is 4.74 Å². The number of nitrogens with zero attached hydrogens (tertiary/aromatic N) is 1. The third-order valence-electron chi connectivity index (χ3n) is 3.99. The van der Waals surface area contributed by atoms with Crippen molar-refractivity contribution >= 4 is 17.4 Å². The summed E-state index contributed by atoms with van der Waals surface area (Å²) in [6.07, 6.45) is 0.441. The van der Waals surface area contributed by atoms with Gasteiger partial charge in [-0.15, -0.1) is 0 Å². The van der Waals surface area contributed by atoms with Crippen LogP contribution in [0.5, 0.6) is 5.75 Å². The maximum absolute atomic E-state index is 12.1. The Kier molecular flexibility index (Phi) is 5.96. The van der Waals surface area contributed by atoms with Gasteiger partial charge in [0, 0.05) is 29.3 Å². The van der Waals surface area contributed by atoms with E-state index in [9.17, 15) is 14.4 Å². The number of hydrogen-bond donors (Lipinski definition) is 2. The SMILES string of the molecule is CCC(=O)c1ccc(OCC(=O)Nc2cccc(-c3ccc(=O)[nH]n3)c2)cc1. The Hall–Kier alpha value is -3.74. The van der Waals surface area contributed by atoms with Crippen LogP contribution in [0, 0.1) is 0 Å². The zero-order chi connectivity index (χ0) is 19.9. The van der Waals surface area contributed by atoms with Gasteiger partial charge in [-0.25, -0.2) is 5.10 Å². The quantitative estimate of drug-likeness (QED) is 0.616. The predicted octanol–water partition coefficient (Wildman–Crippen LogP) is 3.05. The third-order valence-corrected chi connectivity index (χ3v) is 3.99. The Balaban J connectivity index is 1.59. The summed E-state index contributed by atoms with van der Waals surface area (Å²) in [6, 6.07) is 16.8. The van der Waals surface area contributed by atoms with Gasteiger partial charge in [0.25, 0.3) is 11.5 Å². The molecule has 0 fully saturated rings. The first-order chi connectivity index (χ1) is 13.5. The van der Waals surface area contributed by atoms with E-state index in [-0.39, 0.29) is 23.9 Å². The molecule has 0 unspecified atom stereocenters. The molecule has 3 aromatic rings. The van der Waals surface area contributed by atoms with Gasteiger partial charge in [-0.2, -0.15) is 5.10 Å². The topological polar surface area (TPSA) is 101 Å². The molecule has 2 aromatic carbocycles. The van der Waals surface area contributed by atoms with Gasteiger partial charge in [-0.05, 0) is 42.5 Å². The Morgan fingerprint density at radius 3 is 2.54 bits per heavy atom. The van der Waals surface area contributed by atoms with Gasteiger partial charge >= 0.3 is 0 Å². The summed E-state index contributed by atoms with van der Waals surface area (Å²) in [6.45, 7) is 1.64. The number of aromatic amines is 1. The highest BCUT2D eigenvalue weighted by Crippen LogP contribution is 2.20. The fourth-order valence-electron chi connectivity index (χ4n) is 2.55. The average molecular weight is 377 g/mol. The molecule has 0 bridgehead atoms. The van der Waals surface area contributed by atoms with E-state index in [0.717, 1.165) is 5.56 Å². The number of benzene rings is 2. The van der Waals surface area contributed by atoms with E-state index in [0.29, 0.717) is 29.1 Å². The summed E-state index contributed by atoms with van der Waals surface area (Å²) in [7, 11) is 0. The largest absolute Gasteiger partial charge is 0.484 e. The summed E-state index contributed by atoms with van der Waals surface area (Å²) >= 11 is 0. The summed E-state index contributed by atoms with van der Waals surface area (Å²) in [4.78, 5) is 34.9. The minimum absolute atomic E-state index is 0.0566. The lowest BCUT2D eigenvalue weighted by Crippen LogP contribution is -2.20. The number of nitrogens with one attached hydrogen (secondary N) is 2. The molecule has 7 heteroatoms. The summed E-state index contributed by atoms with van der Waals surface area (Å²) in [5, 5.41) is 9.10. The fourth-order valence-corrected chi connectivity index (χ4v) is 2.55. The van der Waals surface area contributed by atoms with Crippen LogP contribution < -0.4 is 15.6 Å². The van der Waals surface area contributed by atoms with Crippen molar-refractivity contribution in [2.75, 3.05) is 11.9 Å². The highest BCUT2D eigenvalue weighted by atomic mass is 16.5. The minimum atomic E-state index is -0.319. The van der Waals surface area contributed by atoms with Crippen LogP contribution in [-0.4, -0.2) is 28.5 Å². The number of anilines is 1. The highest BCUT2D eigenvalue weighted by molar-refractivity contribution is 5.96. The Bertz CT molecular complexity index is 1020. The van der Waals surface area contributed by atoms with Gasteiger partial charge in [-0.3, -0.25) is 14.4 Å². The predicted molar refractivity (Wildman–Crippen MR) is 105 cm³/mol. The zero-order valence-corrected chi connectivity index (χ0v) is 15.3. The van der Waals surface area contributed by atoms with Crippen molar-refractivity contribution in [3.8, 4) is 17.0 Å². The number of hydrogen-bond acceptors (Lipinski definition) is 5. The average Bonchev–Trinajstić information content (AvgIpc) is 2.73. The molecule has 0 aliphatic carbocycles. The molecule has 0 atom stereocenters. The lowest BCUT2D eigenvalue weighted by atomic mass is 10.1. The molecule has 1 aromatic heterocycles. The molecular formula is C21H19N3O4. The van der Waals surface area contributed by atoms with Crippen molar-refractivity contribution < 1.29 is 14.3 Å². The number of amides is 1.